The number of halogens is 1. The van der Waals surface area contributed by atoms with E-state index in [0.717, 1.165) is 11.4 Å². The molecule has 0 amide bonds. The molecule has 0 saturated heterocycles. The molecule has 1 aromatic carbocycles. The first-order chi connectivity index (χ1) is 5.27. The van der Waals surface area contributed by atoms with Gasteiger partial charge in [0.2, 0.25) is 0 Å². The molecule has 11 heavy (non-hydrogen) atoms. The van der Waals surface area contributed by atoms with E-state index in [4.69, 9.17) is 11.6 Å². The van der Waals surface area contributed by atoms with E-state index >= 15 is 0 Å². The Morgan fingerprint density at radius 3 is 3.09 bits per heavy atom. The van der Waals surface area contributed by atoms with Crippen molar-refractivity contribution in [1.82, 2.24) is 0 Å². The minimum absolute atomic E-state index is 0.532. The first kappa shape index (κ1) is 6.99. The van der Waals surface area contributed by atoms with Gasteiger partial charge in [0.25, 0.3) is 0 Å². The number of hydrogen-bond donors (Lipinski definition) is 1. The van der Waals surface area contributed by atoms with Crippen molar-refractivity contribution >= 4 is 17.3 Å². The fraction of sp³-hybridized carbons (Fsp3) is 0.333. The highest BCUT2D eigenvalue weighted by Gasteiger charge is 2.17. The Kier molecular flexibility index (Phi) is 1.53. The number of nitrogens with one attached hydrogen (secondary N) is 1. The van der Waals surface area contributed by atoms with Crippen molar-refractivity contribution in [3.8, 4) is 0 Å². The van der Waals surface area contributed by atoms with Crippen molar-refractivity contribution in [3.63, 3.8) is 0 Å². The average molecular weight is 168 g/mol. The predicted octanol–water partition coefficient (Wildman–Crippen LogP) is 2.70. The van der Waals surface area contributed by atoms with Gasteiger partial charge >= 0.3 is 0 Å². The summed E-state index contributed by atoms with van der Waals surface area (Å²) in [7, 11) is 0. The molecule has 0 fully saturated rings. The van der Waals surface area contributed by atoms with E-state index < -0.39 is 0 Å². The summed E-state index contributed by atoms with van der Waals surface area (Å²) in [6.45, 7) is 2.16. The Labute approximate surface area is 71.4 Å². The lowest BCUT2D eigenvalue weighted by atomic mass is 10.1. The van der Waals surface area contributed by atoms with Crippen LogP contribution in [0.4, 0.5) is 5.69 Å². The molecule has 0 aliphatic carbocycles. The van der Waals surface area contributed by atoms with Crippen LogP contribution in [0.25, 0.3) is 0 Å². The molecule has 58 valence electrons. The topological polar surface area (TPSA) is 12.0 Å². The summed E-state index contributed by atoms with van der Waals surface area (Å²) in [6, 6.07) is 6.53. The molecule has 0 saturated carbocycles. The van der Waals surface area contributed by atoms with Crippen LogP contribution >= 0.6 is 11.6 Å². The zero-order valence-electron chi connectivity index (χ0n) is 6.39. The van der Waals surface area contributed by atoms with Crippen LogP contribution in [0.15, 0.2) is 18.2 Å². The summed E-state index contributed by atoms with van der Waals surface area (Å²) in [5, 5.41) is 4.24. The van der Waals surface area contributed by atoms with Crippen LogP contribution in [0.3, 0.4) is 0 Å². The Morgan fingerprint density at radius 2 is 2.36 bits per heavy atom. The van der Waals surface area contributed by atoms with Crippen molar-refractivity contribution in [1.29, 1.82) is 0 Å². The van der Waals surface area contributed by atoms with Crippen molar-refractivity contribution in [2.45, 2.75) is 19.4 Å². The molecule has 1 aliphatic rings. The molecule has 1 heterocycles. The minimum Gasteiger partial charge on any atom is -0.382 e. The van der Waals surface area contributed by atoms with E-state index in [0.29, 0.717) is 6.04 Å². The van der Waals surface area contributed by atoms with E-state index in [1.807, 2.05) is 12.1 Å². The molecule has 1 aliphatic heterocycles. The van der Waals surface area contributed by atoms with Crippen LogP contribution in [-0.4, -0.2) is 6.04 Å². The highest BCUT2D eigenvalue weighted by Crippen LogP contribution is 2.31. The summed E-state index contributed by atoms with van der Waals surface area (Å²) in [4.78, 5) is 0. The summed E-state index contributed by atoms with van der Waals surface area (Å²) < 4.78 is 0. The molecule has 0 aromatic heterocycles. The van der Waals surface area contributed by atoms with Crippen molar-refractivity contribution < 1.29 is 0 Å². The molecule has 1 aromatic rings. The van der Waals surface area contributed by atoms with Crippen molar-refractivity contribution in [3.05, 3.63) is 28.8 Å². The fourth-order valence-electron chi connectivity index (χ4n) is 1.52. The molecule has 1 atom stereocenters. The largest absolute Gasteiger partial charge is 0.382 e. The average Bonchev–Trinajstić information content (AvgIpc) is 2.31. The highest BCUT2D eigenvalue weighted by atomic mass is 35.5. The molecule has 0 spiro atoms. The third kappa shape index (κ3) is 1.10. The lowest BCUT2D eigenvalue weighted by molar-refractivity contribution is 0.839. The molecular weight excluding hydrogens is 158 g/mol. The van der Waals surface area contributed by atoms with Gasteiger partial charge in [0.05, 0.1) is 0 Å². The van der Waals surface area contributed by atoms with Crippen LogP contribution in [0.5, 0.6) is 0 Å². The Bertz CT molecular complexity index is 283. The van der Waals surface area contributed by atoms with E-state index in [1.165, 1.54) is 11.3 Å². The number of anilines is 1. The van der Waals surface area contributed by atoms with Gasteiger partial charge in [-0.3, -0.25) is 0 Å². The molecule has 0 unspecified atom stereocenters. The summed E-state index contributed by atoms with van der Waals surface area (Å²) in [5.74, 6) is 0. The third-order valence-electron chi connectivity index (χ3n) is 2.03. The van der Waals surface area contributed by atoms with Gasteiger partial charge in [0.15, 0.2) is 0 Å². The monoisotopic (exact) mass is 167 g/mol. The van der Waals surface area contributed by atoms with Gasteiger partial charge in [-0.2, -0.15) is 0 Å². The molecule has 2 heteroatoms. The molecule has 0 bridgehead atoms. The van der Waals surface area contributed by atoms with E-state index in [2.05, 4.69) is 18.3 Å². The number of rotatable bonds is 0. The van der Waals surface area contributed by atoms with Gasteiger partial charge in [-0.05, 0) is 31.0 Å². The molecular formula is C9H10ClN. The van der Waals surface area contributed by atoms with Gasteiger partial charge in [-0.1, -0.05) is 17.7 Å². The fourth-order valence-corrected chi connectivity index (χ4v) is 1.78. The Hall–Kier alpha value is -0.690. The number of hydrogen-bond acceptors (Lipinski definition) is 1. The SMILES string of the molecule is C[C@@H]1Cc2c(Cl)cccc2N1. The van der Waals surface area contributed by atoms with Gasteiger partial charge in [0, 0.05) is 16.8 Å². The maximum Gasteiger partial charge on any atom is 0.0459 e. The second-order valence-electron chi connectivity index (χ2n) is 3.02. The first-order valence-electron chi connectivity index (χ1n) is 3.81. The van der Waals surface area contributed by atoms with E-state index in [9.17, 15) is 0 Å². The third-order valence-corrected chi connectivity index (χ3v) is 2.39. The molecule has 1 N–H and O–H groups in total. The standard InChI is InChI=1S/C9H10ClN/c1-6-5-7-8(10)3-2-4-9(7)11-6/h2-4,6,11H,5H2,1H3/t6-/m1/s1. The lowest BCUT2D eigenvalue weighted by Gasteiger charge is -2.00. The van der Waals surface area contributed by atoms with Crippen LogP contribution in [0.2, 0.25) is 5.02 Å². The zero-order valence-corrected chi connectivity index (χ0v) is 7.15. The van der Waals surface area contributed by atoms with E-state index in [-0.39, 0.29) is 0 Å². The summed E-state index contributed by atoms with van der Waals surface area (Å²) in [6.07, 6.45) is 1.05. The van der Waals surface area contributed by atoms with Gasteiger partial charge in [-0.25, -0.2) is 0 Å². The molecule has 0 radical (unpaired) electrons. The lowest BCUT2D eigenvalue weighted by Crippen LogP contribution is -2.08. The predicted molar refractivity (Wildman–Crippen MR) is 48.2 cm³/mol. The Balaban J connectivity index is 2.49. The van der Waals surface area contributed by atoms with Gasteiger partial charge in [0.1, 0.15) is 0 Å². The Morgan fingerprint density at radius 1 is 1.55 bits per heavy atom. The first-order valence-corrected chi connectivity index (χ1v) is 4.19. The second kappa shape index (κ2) is 2.42. The second-order valence-corrected chi connectivity index (χ2v) is 3.42. The van der Waals surface area contributed by atoms with Crippen molar-refractivity contribution in [2.75, 3.05) is 5.32 Å². The van der Waals surface area contributed by atoms with E-state index in [1.54, 1.807) is 0 Å². The van der Waals surface area contributed by atoms with Crippen molar-refractivity contribution in [2.24, 2.45) is 0 Å². The summed E-state index contributed by atoms with van der Waals surface area (Å²) >= 11 is 5.99. The quantitative estimate of drug-likeness (QED) is 0.627. The molecule has 2 rings (SSSR count). The number of fused-ring (bicyclic) bond motifs is 1. The van der Waals surface area contributed by atoms with Crippen LogP contribution in [-0.2, 0) is 6.42 Å². The van der Waals surface area contributed by atoms with Gasteiger partial charge < -0.3 is 5.32 Å². The highest BCUT2D eigenvalue weighted by molar-refractivity contribution is 6.31. The normalized spacial score (nSPS) is 21.1. The maximum absolute atomic E-state index is 5.99. The van der Waals surface area contributed by atoms with Crippen LogP contribution in [0.1, 0.15) is 12.5 Å². The van der Waals surface area contributed by atoms with Crippen LogP contribution < -0.4 is 5.32 Å². The zero-order chi connectivity index (χ0) is 7.84. The van der Waals surface area contributed by atoms with Gasteiger partial charge in [-0.15, -0.1) is 0 Å². The smallest absolute Gasteiger partial charge is 0.0459 e. The molecule has 1 nitrogen and oxygen atoms in total. The maximum atomic E-state index is 5.99. The van der Waals surface area contributed by atoms with Crippen LogP contribution in [0, 0.1) is 0 Å². The summed E-state index contributed by atoms with van der Waals surface area (Å²) in [5.41, 5.74) is 2.46. The minimum atomic E-state index is 0.532. The number of benzene rings is 1.